The van der Waals surface area contributed by atoms with Gasteiger partial charge < -0.3 is 21.1 Å². The largest absolute Gasteiger partial charge is 0.480 e. The number of carbonyl (C=O) groups is 2. The summed E-state index contributed by atoms with van der Waals surface area (Å²) in [6.45, 7) is 0. The van der Waals surface area contributed by atoms with Crippen molar-refractivity contribution in [2.45, 2.75) is 18.5 Å². The second-order valence-electron chi connectivity index (χ2n) is 5.94. The Bertz CT molecular complexity index is 918. The maximum absolute atomic E-state index is 12.2. The van der Waals surface area contributed by atoms with Crippen LogP contribution >= 0.6 is 0 Å². The molecule has 3 rings (SSSR count). The molecule has 5 N–H and O–H groups in total. The van der Waals surface area contributed by atoms with Gasteiger partial charge in [0.25, 0.3) is 0 Å². The lowest BCUT2D eigenvalue weighted by Crippen LogP contribution is -2.32. The molecular weight excluding hydrogens is 318 g/mol. The molecule has 0 saturated carbocycles. The fourth-order valence-electron chi connectivity index (χ4n) is 3.08. The lowest BCUT2D eigenvalue weighted by atomic mass is 10.1. The molecule has 0 fully saturated rings. The van der Waals surface area contributed by atoms with Crippen LogP contribution in [-0.2, 0) is 16.0 Å². The van der Waals surface area contributed by atoms with E-state index in [4.69, 9.17) is 16.6 Å². The Balaban J connectivity index is 2.15. The molecule has 0 aliphatic carbocycles. The number of rotatable bonds is 6. The molecule has 0 aliphatic rings. The maximum atomic E-state index is 12.2. The number of hydrogen-bond donors (Lipinski definition) is 3. The molecular formula is C19H19N3O3. The number of aromatic nitrogens is 1. The zero-order valence-electron chi connectivity index (χ0n) is 13.5. The number of carboxylic acids is 1. The number of amides is 1. The van der Waals surface area contributed by atoms with E-state index in [1.54, 1.807) is 10.8 Å². The highest BCUT2D eigenvalue weighted by Crippen LogP contribution is 2.29. The van der Waals surface area contributed by atoms with Crippen LogP contribution < -0.4 is 11.5 Å². The highest BCUT2D eigenvalue weighted by Gasteiger charge is 2.24. The number of nitrogens with two attached hydrogens (primary N) is 2. The number of carbonyl (C=O) groups excluding carboxylic acids is 1. The molecule has 0 radical (unpaired) electrons. The van der Waals surface area contributed by atoms with E-state index in [2.05, 4.69) is 0 Å². The van der Waals surface area contributed by atoms with Gasteiger partial charge in [-0.25, -0.2) is 0 Å². The number of hydrogen-bond acceptors (Lipinski definition) is 3. The van der Waals surface area contributed by atoms with Gasteiger partial charge in [-0.15, -0.1) is 0 Å². The lowest BCUT2D eigenvalue weighted by Gasteiger charge is -2.17. The molecule has 0 aliphatic heterocycles. The van der Waals surface area contributed by atoms with Crippen molar-refractivity contribution in [1.29, 1.82) is 0 Å². The van der Waals surface area contributed by atoms with Crippen LogP contribution in [0.2, 0.25) is 0 Å². The highest BCUT2D eigenvalue weighted by molar-refractivity contribution is 5.89. The summed E-state index contributed by atoms with van der Waals surface area (Å²) in [7, 11) is 0. The molecule has 0 bridgehead atoms. The summed E-state index contributed by atoms with van der Waals surface area (Å²) >= 11 is 0. The first-order chi connectivity index (χ1) is 12.0. The molecule has 1 heterocycles. The van der Waals surface area contributed by atoms with Crippen LogP contribution in [0.5, 0.6) is 0 Å². The van der Waals surface area contributed by atoms with E-state index in [9.17, 15) is 9.59 Å². The van der Waals surface area contributed by atoms with Crippen LogP contribution in [0.25, 0.3) is 10.9 Å². The van der Waals surface area contributed by atoms with Crippen molar-refractivity contribution in [1.82, 2.24) is 4.57 Å². The first-order valence-electron chi connectivity index (χ1n) is 7.90. The SMILES string of the molecule is NC(=O)C(c1ccccc1)n1cc(C[C@H](N)C(=O)O)c2ccccc21. The molecule has 3 aromatic rings. The van der Waals surface area contributed by atoms with E-state index in [-0.39, 0.29) is 6.42 Å². The fourth-order valence-corrected chi connectivity index (χ4v) is 3.08. The van der Waals surface area contributed by atoms with Gasteiger partial charge >= 0.3 is 5.97 Å². The van der Waals surface area contributed by atoms with Crippen LogP contribution in [0, 0.1) is 0 Å². The van der Waals surface area contributed by atoms with Gasteiger partial charge in [0, 0.05) is 23.5 Å². The summed E-state index contributed by atoms with van der Waals surface area (Å²) in [4.78, 5) is 23.3. The molecule has 25 heavy (non-hydrogen) atoms. The van der Waals surface area contributed by atoms with Crippen LogP contribution in [-0.4, -0.2) is 27.6 Å². The van der Waals surface area contributed by atoms with Gasteiger partial charge in [0.1, 0.15) is 12.1 Å². The summed E-state index contributed by atoms with van der Waals surface area (Å²) in [5.41, 5.74) is 13.7. The predicted octanol–water partition coefficient (Wildman–Crippen LogP) is 1.67. The van der Waals surface area contributed by atoms with E-state index in [0.717, 1.165) is 22.0 Å². The Morgan fingerprint density at radius 1 is 1.04 bits per heavy atom. The summed E-state index contributed by atoms with van der Waals surface area (Å²) < 4.78 is 1.79. The lowest BCUT2D eigenvalue weighted by molar-refractivity contribution is -0.138. The van der Waals surface area contributed by atoms with Crippen LogP contribution in [0.3, 0.4) is 0 Å². The molecule has 1 aromatic heterocycles. The summed E-state index contributed by atoms with van der Waals surface area (Å²) in [5, 5.41) is 9.95. The van der Waals surface area contributed by atoms with Gasteiger partial charge in [-0.05, 0) is 17.2 Å². The van der Waals surface area contributed by atoms with Gasteiger partial charge in [-0.3, -0.25) is 9.59 Å². The number of fused-ring (bicyclic) bond motifs is 1. The van der Waals surface area contributed by atoms with Crippen molar-refractivity contribution < 1.29 is 14.7 Å². The van der Waals surface area contributed by atoms with Crippen LogP contribution in [0.15, 0.2) is 60.8 Å². The topological polar surface area (TPSA) is 111 Å². The standard InChI is InChI=1S/C19H19N3O3/c20-15(19(24)25)10-13-11-22(16-9-5-4-8-14(13)16)17(18(21)23)12-6-2-1-3-7-12/h1-9,11,15,17H,10,20H2,(H2,21,23)(H,24,25)/t15-,17?/m0/s1. The summed E-state index contributed by atoms with van der Waals surface area (Å²) in [6.07, 6.45) is 1.94. The van der Waals surface area contributed by atoms with Crippen LogP contribution in [0.1, 0.15) is 17.2 Å². The molecule has 0 spiro atoms. The molecule has 6 heteroatoms. The number of primary amides is 1. The van der Waals surface area contributed by atoms with Crippen molar-refractivity contribution in [3.8, 4) is 0 Å². The number of aliphatic carboxylic acids is 1. The van der Waals surface area contributed by atoms with Gasteiger partial charge in [0.15, 0.2) is 0 Å². The molecule has 2 aromatic carbocycles. The van der Waals surface area contributed by atoms with Gasteiger partial charge in [-0.1, -0.05) is 48.5 Å². The number of carboxylic acid groups (broad SMARTS) is 1. The van der Waals surface area contributed by atoms with Gasteiger partial charge in [0.05, 0.1) is 0 Å². The maximum Gasteiger partial charge on any atom is 0.320 e. The van der Waals surface area contributed by atoms with Crippen molar-refractivity contribution in [3.63, 3.8) is 0 Å². The quantitative estimate of drug-likeness (QED) is 0.635. The van der Waals surface area contributed by atoms with Crippen LogP contribution in [0.4, 0.5) is 0 Å². The van der Waals surface area contributed by atoms with Gasteiger partial charge in [0.2, 0.25) is 5.91 Å². The minimum absolute atomic E-state index is 0.170. The third kappa shape index (κ3) is 3.25. The Hall–Kier alpha value is -3.12. The first kappa shape index (κ1) is 16.7. The minimum Gasteiger partial charge on any atom is -0.480 e. The molecule has 128 valence electrons. The summed E-state index contributed by atoms with van der Waals surface area (Å²) in [5.74, 6) is -1.55. The smallest absolute Gasteiger partial charge is 0.320 e. The van der Waals surface area contributed by atoms with E-state index in [1.165, 1.54) is 0 Å². The Kier molecular flexibility index (Phi) is 4.54. The zero-order valence-corrected chi connectivity index (χ0v) is 13.5. The highest BCUT2D eigenvalue weighted by atomic mass is 16.4. The normalized spacial score (nSPS) is 13.5. The van der Waals surface area contributed by atoms with Crippen molar-refractivity contribution in [2.75, 3.05) is 0 Å². The minimum atomic E-state index is -1.06. The first-order valence-corrected chi connectivity index (χ1v) is 7.90. The zero-order chi connectivity index (χ0) is 18.0. The summed E-state index contributed by atoms with van der Waals surface area (Å²) in [6, 6.07) is 15.0. The second kappa shape index (κ2) is 6.78. The van der Waals surface area contributed by atoms with Crippen molar-refractivity contribution in [2.24, 2.45) is 11.5 Å². The average molecular weight is 337 g/mol. The number of para-hydroxylation sites is 1. The molecule has 2 atom stereocenters. The number of nitrogens with zero attached hydrogens (tertiary/aromatic N) is 1. The third-order valence-electron chi connectivity index (χ3n) is 4.24. The monoisotopic (exact) mass is 337 g/mol. The van der Waals surface area contributed by atoms with Gasteiger partial charge in [-0.2, -0.15) is 0 Å². The average Bonchev–Trinajstić information content (AvgIpc) is 2.94. The molecule has 6 nitrogen and oxygen atoms in total. The Morgan fingerprint density at radius 2 is 1.68 bits per heavy atom. The van der Waals surface area contributed by atoms with Crippen molar-refractivity contribution >= 4 is 22.8 Å². The third-order valence-corrected chi connectivity index (χ3v) is 4.24. The van der Waals surface area contributed by atoms with Crippen molar-refractivity contribution in [3.05, 3.63) is 71.9 Å². The van der Waals surface area contributed by atoms with E-state index >= 15 is 0 Å². The molecule has 1 amide bonds. The fraction of sp³-hybridized carbons (Fsp3) is 0.158. The van der Waals surface area contributed by atoms with E-state index < -0.39 is 24.0 Å². The Labute approximate surface area is 144 Å². The Morgan fingerprint density at radius 3 is 2.32 bits per heavy atom. The molecule has 0 saturated heterocycles. The van der Waals surface area contributed by atoms with E-state index in [1.807, 2.05) is 54.6 Å². The predicted molar refractivity (Wildman–Crippen MR) is 95.0 cm³/mol. The van der Waals surface area contributed by atoms with E-state index in [0.29, 0.717) is 0 Å². The second-order valence-corrected chi connectivity index (χ2v) is 5.94. The number of benzene rings is 2. The molecule has 1 unspecified atom stereocenters.